The molecule has 0 unspecified atom stereocenters. The third-order valence-electron chi connectivity index (χ3n) is 5.57. The molecule has 0 amide bonds. The van der Waals surface area contributed by atoms with E-state index in [1.54, 1.807) is 14.2 Å². The lowest BCUT2D eigenvalue weighted by Gasteiger charge is -2.39. The smallest absolute Gasteiger partial charge is 0.191 e. The lowest BCUT2D eigenvalue weighted by atomic mass is 9.73. The lowest BCUT2D eigenvalue weighted by Crippen LogP contribution is -2.48. The van der Waals surface area contributed by atoms with Gasteiger partial charge >= 0.3 is 0 Å². The van der Waals surface area contributed by atoms with Crippen molar-refractivity contribution in [2.75, 3.05) is 33.9 Å². The fraction of sp³-hybridized carbons (Fsp3) is 0.435. The van der Waals surface area contributed by atoms with Gasteiger partial charge in [0.05, 0.1) is 7.11 Å². The van der Waals surface area contributed by atoms with Crippen molar-refractivity contribution in [1.82, 2.24) is 10.6 Å². The van der Waals surface area contributed by atoms with E-state index in [9.17, 15) is 0 Å². The molecule has 2 N–H and O–H groups in total. The van der Waals surface area contributed by atoms with Gasteiger partial charge < -0.3 is 20.1 Å². The maximum absolute atomic E-state index is 5.97. The van der Waals surface area contributed by atoms with Crippen LogP contribution < -0.4 is 15.4 Å². The summed E-state index contributed by atoms with van der Waals surface area (Å²) < 4.78 is 11.4. The standard InChI is InChI=1S/C23H30ClN3O2.HI/c1-17-4-9-21(28-3)20(14-17)23(10-12-29-13-11-23)16-27-22(25-2)26-15-18-5-7-19(24)8-6-18;/h4-9,14H,10-13,15-16H2,1-3H3,(H2,25,26,27);1H. The Kier molecular flexibility index (Phi) is 9.71. The Morgan fingerprint density at radius 2 is 1.83 bits per heavy atom. The average Bonchev–Trinajstić information content (AvgIpc) is 2.75. The Bertz CT molecular complexity index is 837. The molecule has 0 bridgehead atoms. The number of aryl methyl sites for hydroxylation is 1. The van der Waals surface area contributed by atoms with Crippen LogP contribution in [-0.2, 0) is 16.7 Å². The molecule has 0 spiro atoms. The molecule has 0 radical (unpaired) electrons. The lowest BCUT2D eigenvalue weighted by molar-refractivity contribution is 0.0505. The predicted octanol–water partition coefficient (Wildman–Crippen LogP) is 4.69. The molecule has 1 saturated heterocycles. The second-order valence-corrected chi connectivity index (χ2v) is 7.94. The molecule has 1 aliphatic heterocycles. The van der Waals surface area contributed by atoms with Gasteiger partial charge in [0.2, 0.25) is 0 Å². The van der Waals surface area contributed by atoms with E-state index in [4.69, 9.17) is 21.1 Å². The molecule has 0 aliphatic carbocycles. The Morgan fingerprint density at radius 1 is 1.13 bits per heavy atom. The largest absolute Gasteiger partial charge is 0.496 e. The first-order valence-corrected chi connectivity index (χ1v) is 10.4. The number of rotatable bonds is 6. The van der Waals surface area contributed by atoms with Gasteiger partial charge in [-0.1, -0.05) is 41.4 Å². The molecule has 1 aliphatic rings. The van der Waals surface area contributed by atoms with E-state index in [0.29, 0.717) is 6.54 Å². The fourth-order valence-electron chi connectivity index (χ4n) is 3.80. The van der Waals surface area contributed by atoms with Gasteiger partial charge in [0.1, 0.15) is 5.75 Å². The Hall–Kier alpha value is -1.51. The minimum absolute atomic E-state index is 0. The number of nitrogens with one attached hydrogen (secondary N) is 2. The zero-order chi connectivity index (χ0) is 20.7. The monoisotopic (exact) mass is 543 g/mol. The fourth-order valence-corrected chi connectivity index (χ4v) is 3.93. The summed E-state index contributed by atoms with van der Waals surface area (Å²) in [6.07, 6.45) is 1.88. The van der Waals surface area contributed by atoms with Crippen molar-refractivity contribution in [3.8, 4) is 5.75 Å². The van der Waals surface area contributed by atoms with Crippen molar-refractivity contribution in [1.29, 1.82) is 0 Å². The first-order valence-electron chi connectivity index (χ1n) is 9.98. The summed E-state index contributed by atoms with van der Waals surface area (Å²) in [6, 6.07) is 14.2. The van der Waals surface area contributed by atoms with E-state index in [1.165, 1.54) is 11.1 Å². The summed E-state index contributed by atoms with van der Waals surface area (Å²) >= 11 is 5.97. The molecular weight excluding hydrogens is 513 g/mol. The third-order valence-corrected chi connectivity index (χ3v) is 5.82. The molecule has 5 nitrogen and oxygen atoms in total. The summed E-state index contributed by atoms with van der Waals surface area (Å²) in [6.45, 7) is 5.05. The summed E-state index contributed by atoms with van der Waals surface area (Å²) in [5.74, 6) is 1.71. The number of ether oxygens (including phenoxy) is 2. The molecule has 2 aromatic rings. The second-order valence-electron chi connectivity index (χ2n) is 7.50. The van der Waals surface area contributed by atoms with Gasteiger partial charge in [-0.25, -0.2) is 0 Å². The van der Waals surface area contributed by atoms with Gasteiger partial charge in [0.15, 0.2) is 5.96 Å². The van der Waals surface area contributed by atoms with Crippen LogP contribution in [0.4, 0.5) is 0 Å². The van der Waals surface area contributed by atoms with Crippen molar-refractivity contribution in [3.63, 3.8) is 0 Å². The molecule has 7 heteroatoms. The van der Waals surface area contributed by atoms with Gasteiger partial charge in [-0.05, 0) is 43.5 Å². The van der Waals surface area contributed by atoms with E-state index in [1.807, 2.05) is 24.3 Å². The Morgan fingerprint density at radius 3 is 2.47 bits per heavy atom. The quantitative estimate of drug-likeness (QED) is 0.315. The second kappa shape index (κ2) is 11.8. The topological polar surface area (TPSA) is 54.9 Å². The van der Waals surface area contributed by atoms with Gasteiger partial charge in [-0.2, -0.15) is 0 Å². The molecule has 1 heterocycles. The first kappa shape index (κ1) is 24.8. The summed E-state index contributed by atoms with van der Waals surface area (Å²) in [7, 11) is 3.53. The van der Waals surface area contributed by atoms with Crippen LogP contribution in [0.3, 0.4) is 0 Å². The summed E-state index contributed by atoms with van der Waals surface area (Å²) in [4.78, 5) is 4.40. The van der Waals surface area contributed by atoms with Gasteiger partial charge in [-0.15, -0.1) is 24.0 Å². The zero-order valence-corrected chi connectivity index (χ0v) is 20.9. The highest BCUT2D eigenvalue weighted by Gasteiger charge is 2.37. The molecule has 0 atom stereocenters. The first-order chi connectivity index (χ1) is 14.1. The number of hydrogen-bond donors (Lipinski definition) is 2. The number of nitrogens with zero attached hydrogens (tertiary/aromatic N) is 1. The van der Waals surface area contributed by atoms with E-state index < -0.39 is 0 Å². The molecule has 1 fully saturated rings. The third kappa shape index (κ3) is 6.25. The van der Waals surface area contributed by atoms with Crippen molar-refractivity contribution in [3.05, 3.63) is 64.2 Å². The van der Waals surface area contributed by atoms with Crippen molar-refractivity contribution >= 4 is 41.5 Å². The minimum Gasteiger partial charge on any atom is -0.496 e. The number of halogens is 2. The Labute approximate surface area is 201 Å². The molecule has 2 aromatic carbocycles. The van der Waals surface area contributed by atoms with Crippen LogP contribution in [0.1, 0.15) is 29.5 Å². The molecule has 30 heavy (non-hydrogen) atoms. The van der Waals surface area contributed by atoms with Crippen LogP contribution in [0, 0.1) is 6.92 Å². The van der Waals surface area contributed by atoms with Crippen LogP contribution in [-0.4, -0.2) is 39.9 Å². The van der Waals surface area contributed by atoms with Crippen molar-refractivity contribution < 1.29 is 9.47 Å². The molecule has 0 aromatic heterocycles. The highest BCUT2D eigenvalue weighted by Crippen LogP contribution is 2.40. The number of aliphatic imine (C=N–C) groups is 1. The number of guanidine groups is 1. The minimum atomic E-state index is -0.0620. The van der Waals surface area contributed by atoms with Crippen molar-refractivity contribution in [2.24, 2.45) is 4.99 Å². The van der Waals surface area contributed by atoms with Crippen molar-refractivity contribution in [2.45, 2.75) is 31.7 Å². The number of benzene rings is 2. The molecule has 164 valence electrons. The molecular formula is C23H31ClIN3O2. The maximum atomic E-state index is 5.97. The van der Waals surface area contributed by atoms with Gasteiger partial charge in [0, 0.05) is 49.4 Å². The van der Waals surface area contributed by atoms with Gasteiger partial charge in [-0.3, -0.25) is 4.99 Å². The zero-order valence-electron chi connectivity index (χ0n) is 17.8. The van der Waals surface area contributed by atoms with Crippen LogP contribution in [0.5, 0.6) is 5.75 Å². The highest BCUT2D eigenvalue weighted by molar-refractivity contribution is 14.0. The van der Waals surface area contributed by atoms with Crippen LogP contribution in [0.2, 0.25) is 5.02 Å². The molecule has 0 saturated carbocycles. The number of methoxy groups -OCH3 is 1. The van der Waals surface area contributed by atoms with Gasteiger partial charge in [0.25, 0.3) is 0 Å². The van der Waals surface area contributed by atoms with E-state index in [-0.39, 0.29) is 29.4 Å². The normalized spacial score (nSPS) is 15.8. The highest BCUT2D eigenvalue weighted by atomic mass is 127. The number of hydrogen-bond acceptors (Lipinski definition) is 3. The van der Waals surface area contributed by atoms with E-state index >= 15 is 0 Å². The Balaban J connectivity index is 0.00000320. The van der Waals surface area contributed by atoms with E-state index in [0.717, 1.165) is 54.9 Å². The maximum Gasteiger partial charge on any atom is 0.191 e. The van der Waals surface area contributed by atoms with Crippen LogP contribution in [0.15, 0.2) is 47.5 Å². The van der Waals surface area contributed by atoms with Crippen LogP contribution >= 0.6 is 35.6 Å². The average molecular weight is 544 g/mol. The molecule has 3 rings (SSSR count). The van der Waals surface area contributed by atoms with E-state index in [2.05, 4.69) is 40.7 Å². The van der Waals surface area contributed by atoms with Crippen LogP contribution in [0.25, 0.3) is 0 Å². The SMILES string of the molecule is CN=C(NCc1ccc(Cl)cc1)NCC1(c2cc(C)ccc2OC)CCOCC1.I. The summed E-state index contributed by atoms with van der Waals surface area (Å²) in [5, 5.41) is 7.66. The predicted molar refractivity (Wildman–Crippen MR) is 135 cm³/mol. The summed E-state index contributed by atoms with van der Waals surface area (Å²) in [5.41, 5.74) is 3.56.